The smallest absolute Gasteiger partial charge is 0.141 e. The Hall–Kier alpha value is -2.08. The zero-order chi connectivity index (χ0) is 16.0. The van der Waals surface area contributed by atoms with E-state index in [1.807, 2.05) is 48.5 Å². The maximum atomic E-state index is 11.0. The minimum absolute atomic E-state index is 0.0210. The van der Waals surface area contributed by atoms with Crippen LogP contribution in [0.1, 0.15) is 36.8 Å². The summed E-state index contributed by atoms with van der Waals surface area (Å²) in [6.07, 6.45) is 3.87. The van der Waals surface area contributed by atoms with Crippen molar-refractivity contribution in [3.63, 3.8) is 0 Å². The summed E-state index contributed by atoms with van der Waals surface area (Å²) in [5, 5.41) is 14.5. The van der Waals surface area contributed by atoms with E-state index in [4.69, 9.17) is 0 Å². The van der Waals surface area contributed by atoms with E-state index < -0.39 is 5.60 Å². The largest absolute Gasteiger partial charge is 0.376 e. The van der Waals surface area contributed by atoms with Crippen molar-refractivity contribution in [3.05, 3.63) is 71.8 Å². The fraction of sp³-hybridized carbons (Fsp3) is 0.333. The molecule has 3 rings (SSSR count). The topological polar surface area (TPSA) is 32.3 Å². The highest BCUT2D eigenvalue weighted by molar-refractivity contribution is 5.37. The van der Waals surface area contributed by atoms with Crippen molar-refractivity contribution in [1.29, 1.82) is 0 Å². The van der Waals surface area contributed by atoms with Crippen molar-refractivity contribution in [1.82, 2.24) is 5.32 Å². The van der Waals surface area contributed by atoms with Gasteiger partial charge in [0.2, 0.25) is 0 Å². The van der Waals surface area contributed by atoms with Crippen molar-refractivity contribution in [3.8, 4) is 11.8 Å². The van der Waals surface area contributed by atoms with E-state index in [0.717, 1.165) is 37.8 Å². The molecule has 0 heterocycles. The Balaban J connectivity index is 1.71. The Morgan fingerprint density at radius 1 is 1.00 bits per heavy atom. The molecule has 0 saturated heterocycles. The van der Waals surface area contributed by atoms with Crippen LogP contribution in [0.25, 0.3) is 0 Å². The van der Waals surface area contributed by atoms with Crippen molar-refractivity contribution >= 4 is 0 Å². The normalized spacial score (nSPS) is 23.8. The summed E-state index contributed by atoms with van der Waals surface area (Å²) in [4.78, 5) is 0. The first-order valence-corrected chi connectivity index (χ1v) is 8.34. The fourth-order valence-electron chi connectivity index (χ4n) is 3.12. The molecular weight excluding hydrogens is 282 g/mol. The van der Waals surface area contributed by atoms with Crippen LogP contribution in [-0.2, 0) is 6.54 Å². The molecule has 0 radical (unpaired) electrons. The van der Waals surface area contributed by atoms with Crippen LogP contribution in [0.15, 0.2) is 60.7 Å². The molecule has 1 aliphatic carbocycles. The third kappa shape index (κ3) is 4.22. The van der Waals surface area contributed by atoms with Crippen molar-refractivity contribution in [2.45, 2.75) is 43.9 Å². The average molecular weight is 305 g/mol. The number of hydrogen-bond acceptors (Lipinski definition) is 2. The van der Waals surface area contributed by atoms with Crippen LogP contribution < -0.4 is 5.32 Å². The van der Waals surface area contributed by atoms with E-state index in [9.17, 15) is 5.11 Å². The first-order valence-electron chi connectivity index (χ1n) is 8.34. The predicted molar refractivity (Wildman–Crippen MR) is 93.8 cm³/mol. The van der Waals surface area contributed by atoms with E-state index in [0.29, 0.717) is 0 Å². The lowest BCUT2D eigenvalue weighted by Crippen LogP contribution is -2.51. The molecule has 1 fully saturated rings. The maximum Gasteiger partial charge on any atom is 0.141 e. The molecular formula is C21H23NO. The van der Waals surface area contributed by atoms with E-state index in [1.54, 1.807) is 0 Å². The number of rotatable bonds is 3. The fourth-order valence-corrected chi connectivity index (χ4v) is 3.12. The lowest BCUT2D eigenvalue weighted by molar-refractivity contribution is 0.0254. The minimum atomic E-state index is -0.942. The second-order valence-electron chi connectivity index (χ2n) is 6.21. The summed E-state index contributed by atoms with van der Waals surface area (Å²) in [7, 11) is 0. The highest BCUT2D eigenvalue weighted by Crippen LogP contribution is 2.28. The third-order valence-electron chi connectivity index (χ3n) is 4.47. The molecule has 0 aliphatic heterocycles. The van der Waals surface area contributed by atoms with E-state index in [2.05, 4.69) is 29.3 Å². The molecule has 0 amide bonds. The average Bonchev–Trinajstić information content (AvgIpc) is 2.61. The monoisotopic (exact) mass is 305 g/mol. The summed E-state index contributed by atoms with van der Waals surface area (Å²) < 4.78 is 0. The Kier molecular flexibility index (Phi) is 5.12. The van der Waals surface area contributed by atoms with Crippen LogP contribution in [-0.4, -0.2) is 16.7 Å². The van der Waals surface area contributed by atoms with Gasteiger partial charge in [0.1, 0.15) is 5.60 Å². The van der Waals surface area contributed by atoms with Gasteiger partial charge >= 0.3 is 0 Å². The zero-order valence-electron chi connectivity index (χ0n) is 13.3. The van der Waals surface area contributed by atoms with Crippen LogP contribution in [0.2, 0.25) is 0 Å². The van der Waals surface area contributed by atoms with E-state index in [1.165, 1.54) is 5.56 Å². The SMILES string of the molecule is OC1(C#Cc2ccccc2)CCCCC1NCc1ccccc1. The molecule has 0 aromatic heterocycles. The van der Waals surface area contributed by atoms with Crippen LogP contribution in [0, 0.1) is 11.8 Å². The number of hydrogen-bond donors (Lipinski definition) is 2. The van der Waals surface area contributed by atoms with Crippen molar-refractivity contribution in [2.75, 3.05) is 0 Å². The van der Waals surface area contributed by atoms with Gasteiger partial charge in [0.25, 0.3) is 0 Å². The second-order valence-corrected chi connectivity index (χ2v) is 6.21. The molecule has 2 heteroatoms. The molecule has 1 aliphatic rings. The van der Waals surface area contributed by atoms with Crippen LogP contribution in [0.5, 0.6) is 0 Å². The summed E-state index contributed by atoms with van der Waals surface area (Å²) in [5.41, 5.74) is 1.24. The number of nitrogens with one attached hydrogen (secondary N) is 1. The summed E-state index contributed by atoms with van der Waals surface area (Å²) in [6.45, 7) is 0.765. The Morgan fingerprint density at radius 2 is 1.70 bits per heavy atom. The molecule has 2 aromatic rings. The molecule has 2 nitrogen and oxygen atoms in total. The summed E-state index contributed by atoms with van der Waals surface area (Å²) in [5.74, 6) is 6.29. The van der Waals surface area contributed by atoms with Crippen LogP contribution >= 0.6 is 0 Å². The maximum absolute atomic E-state index is 11.0. The van der Waals surface area contributed by atoms with Gasteiger partial charge in [0, 0.05) is 18.2 Å². The molecule has 2 aromatic carbocycles. The third-order valence-corrected chi connectivity index (χ3v) is 4.47. The molecule has 118 valence electrons. The molecule has 0 bridgehead atoms. The number of aliphatic hydroxyl groups is 1. The Labute approximate surface area is 138 Å². The van der Waals surface area contributed by atoms with Crippen LogP contribution in [0.4, 0.5) is 0 Å². The zero-order valence-corrected chi connectivity index (χ0v) is 13.3. The highest BCUT2D eigenvalue weighted by Gasteiger charge is 2.37. The lowest BCUT2D eigenvalue weighted by Gasteiger charge is -2.36. The Bertz CT molecular complexity index is 671. The van der Waals surface area contributed by atoms with Crippen molar-refractivity contribution in [2.24, 2.45) is 0 Å². The Morgan fingerprint density at radius 3 is 2.43 bits per heavy atom. The number of benzene rings is 2. The van der Waals surface area contributed by atoms with Gasteiger partial charge in [-0.25, -0.2) is 0 Å². The first kappa shape index (κ1) is 15.8. The molecule has 23 heavy (non-hydrogen) atoms. The van der Waals surface area contributed by atoms with E-state index >= 15 is 0 Å². The van der Waals surface area contributed by atoms with Gasteiger partial charge in [-0.1, -0.05) is 66.8 Å². The molecule has 2 N–H and O–H groups in total. The van der Waals surface area contributed by atoms with Gasteiger partial charge in [0.05, 0.1) is 0 Å². The van der Waals surface area contributed by atoms with Crippen molar-refractivity contribution < 1.29 is 5.11 Å². The van der Waals surface area contributed by atoms with Gasteiger partial charge in [-0.05, 0) is 37.0 Å². The van der Waals surface area contributed by atoms with Crippen LogP contribution in [0.3, 0.4) is 0 Å². The molecule has 0 spiro atoms. The van der Waals surface area contributed by atoms with Gasteiger partial charge in [-0.3, -0.25) is 0 Å². The molecule has 2 unspecified atom stereocenters. The van der Waals surface area contributed by atoms with Gasteiger partial charge in [0.15, 0.2) is 0 Å². The van der Waals surface area contributed by atoms with Gasteiger partial charge < -0.3 is 10.4 Å². The standard InChI is InChI=1S/C21H23NO/c23-21(16-14-18-9-3-1-4-10-18)15-8-7-13-20(21)22-17-19-11-5-2-6-12-19/h1-6,9-12,20,22-23H,7-8,13,15,17H2. The summed E-state index contributed by atoms with van der Waals surface area (Å²) in [6, 6.07) is 20.2. The van der Waals surface area contributed by atoms with Gasteiger partial charge in [-0.15, -0.1) is 0 Å². The quantitative estimate of drug-likeness (QED) is 0.851. The lowest BCUT2D eigenvalue weighted by atomic mass is 9.80. The second kappa shape index (κ2) is 7.46. The predicted octanol–water partition coefficient (Wildman–Crippen LogP) is 3.50. The minimum Gasteiger partial charge on any atom is -0.376 e. The van der Waals surface area contributed by atoms with E-state index in [-0.39, 0.29) is 6.04 Å². The van der Waals surface area contributed by atoms with Gasteiger partial charge in [-0.2, -0.15) is 0 Å². The molecule has 1 saturated carbocycles. The highest BCUT2D eigenvalue weighted by atomic mass is 16.3. The molecule has 2 atom stereocenters. The first-order chi connectivity index (χ1) is 11.3. The summed E-state index contributed by atoms with van der Waals surface area (Å²) >= 11 is 0.